The van der Waals surface area contributed by atoms with Crippen LogP contribution in [0.3, 0.4) is 0 Å². The maximum Gasteiger partial charge on any atom is 0.237 e. The molecule has 1 saturated heterocycles. The molecule has 1 heterocycles. The highest BCUT2D eigenvalue weighted by molar-refractivity contribution is 5.79. The molecule has 1 rings (SSSR count). The Morgan fingerprint density at radius 2 is 2.33 bits per heavy atom. The fourth-order valence-electron chi connectivity index (χ4n) is 1.32. The van der Waals surface area contributed by atoms with Crippen LogP contribution in [0.5, 0.6) is 0 Å². The van der Waals surface area contributed by atoms with E-state index in [-0.39, 0.29) is 18.6 Å². The molecule has 1 aliphatic heterocycles. The van der Waals surface area contributed by atoms with E-state index in [0.717, 1.165) is 13.0 Å². The summed E-state index contributed by atoms with van der Waals surface area (Å²) in [7, 11) is 3.73. The Kier molecular flexibility index (Phi) is 3.05. The van der Waals surface area contributed by atoms with Crippen molar-refractivity contribution in [2.75, 3.05) is 33.8 Å². The molecular formula is C8H16N2O2. The Balaban J connectivity index is 2.32. The molecule has 1 aliphatic rings. The standard InChI is InChI=1S/C8H16N2O2/c1-9(2)5-8(12)10-4-3-7(10)6-11/h7,11H,3-6H2,1-2H3. The summed E-state index contributed by atoms with van der Waals surface area (Å²) in [4.78, 5) is 15.0. The Labute approximate surface area is 72.8 Å². The normalized spacial score (nSPS) is 22.7. The van der Waals surface area contributed by atoms with E-state index >= 15 is 0 Å². The zero-order chi connectivity index (χ0) is 9.14. The average molecular weight is 172 g/mol. The van der Waals surface area contributed by atoms with Gasteiger partial charge < -0.3 is 14.9 Å². The molecule has 0 bridgehead atoms. The van der Waals surface area contributed by atoms with Crippen LogP contribution in [0.25, 0.3) is 0 Å². The van der Waals surface area contributed by atoms with Crippen molar-refractivity contribution in [2.45, 2.75) is 12.5 Å². The highest BCUT2D eigenvalue weighted by Gasteiger charge is 2.30. The molecule has 1 atom stereocenters. The molecule has 0 saturated carbocycles. The molecule has 0 radical (unpaired) electrons. The first-order chi connectivity index (χ1) is 5.65. The summed E-state index contributed by atoms with van der Waals surface area (Å²) >= 11 is 0. The fraction of sp³-hybridized carbons (Fsp3) is 0.875. The van der Waals surface area contributed by atoms with Crippen LogP contribution in [0, 0.1) is 0 Å². The zero-order valence-electron chi connectivity index (χ0n) is 7.66. The number of aliphatic hydroxyl groups is 1. The number of carbonyl (C=O) groups excluding carboxylic acids is 1. The van der Waals surface area contributed by atoms with E-state index in [0.29, 0.717) is 6.54 Å². The number of aliphatic hydroxyl groups excluding tert-OH is 1. The number of carbonyl (C=O) groups is 1. The van der Waals surface area contributed by atoms with E-state index in [1.165, 1.54) is 0 Å². The van der Waals surface area contributed by atoms with Crippen LogP contribution in [0.4, 0.5) is 0 Å². The number of likely N-dealkylation sites (tertiary alicyclic amines) is 1. The molecule has 12 heavy (non-hydrogen) atoms. The molecule has 0 spiro atoms. The maximum absolute atomic E-state index is 11.4. The molecule has 0 aromatic heterocycles. The number of hydrogen-bond acceptors (Lipinski definition) is 3. The summed E-state index contributed by atoms with van der Waals surface area (Å²) in [5.74, 6) is 0.116. The summed E-state index contributed by atoms with van der Waals surface area (Å²) in [6, 6.07) is 0.0810. The van der Waals surface area contributed by atoms with Gasteiger partial charge in [0.1, 0.15) is 0 Å². The zero-order valence-corrected chi connectivity index (χ0v) is 7.66. The van der Waals surface area contributed by atoms with E-state index in [1.54, 1.807) is 4.90 Å². The number of amides is 1. The highest BCUT2D eigenvalue weighted by atomic mass is 16.3. The summed E-state index contributed by atoms with van der Waals surface area (Å²) in [5, 5.41) is 8.83. The smallest absolute Gasteiger partial charge is 0.237 e. The lowest BCUT2D eigenvalue weighted by atomic mass is 10.0. The molecular weight excluding hydrogens is 156 g/mol. The van der Waals surface area contributed by atoms with Crippen LogP contribution in [-0.4, -0.2) is 60.6 Å². The first-order valence-corrected chi connectivity index (χ1v) is 4.20. The third-order valence-electron chi connectivity index (χ3n) is 2.13. The number of rotatable bonds is 3. The van der Waals surface area contributed by atoms with Gasteiger partial charge in [-0.2, -0.15) is 0 Å². The minimum Gasteiger partial charge on any atom is -0.394 e. The number of hydrogen-bond donors (Lipinski definition) is 1. The highest BCUT2D eigenvalue weighted by Crippen LogP contribution is 2.16. The predicted octanol–water partition coefficient (Wildman–Crippen LogP) is -0.859. The molecule has 0 aliphatic carbocycles. The van der Waals surface area contributed by atoms with Gasteiger partial charge in [0.25, 0.3) is 0 Å². The summed E-state index contributed by atoms with van der Waals surface area (Å²) in [6.07, 6.45) is 0.940. The molecule has 1 N–H and O–H groups in total. The second-order valence-corrected chi connectivity index (χ2v) is 3.45. The molecule has 1 amide bonds. The van der Waals surface area contributed by atoms with Gasteiger partial charge in [-0.1, -0.05) is 0 Å². The summed E-state index contributed by atoms with van der Waals surface area (Å²) < 4.78 is 0. The molecule has 1 fully saturated rings. The molecule has 0 aromatic carbocycles. The minimum absolute atomic E-state index is 0.0810. The van der Waals surface area contributed by atoms with Gasteiger partial charge in [-0.05, 0) is 20.5 Å². The number of nitrogens with zero attached hydrogens (tertiary/aromatic N) is 2. The van der Waals surface area contributed by atoms with Gasteiger partial charge in [0.15, 0.2) is 0 Å². The first-order valence-electron chi connectivity index (χ1n) is 4.20. The van der Waals surface area contributed by atoms with Gasteiger partial charge >= 0.3 is 0 Å². The summed E-state index contributed by atoms with van der Waals surface area (Å²) in [5.41, 5.74) is 0. The lowest BCUT2D eigenvalue weighted by molar-refractivity contribution is -0.141. The van der Waals surface area contributed by atoms with Crippen molar-refractivity contribution < 1.29 is 9.90 Å². The molecule has 0 aromatic rings. The van der Waals surface area contributed by atoms with E-state index in [2.05, 4.69) is 0 Å². The van der Waals surface area contributed by atoms with Gasteiger partial charge in [0.2, 0.25) is 5.91 Å². The lowest BCUT2D eigenvalue weighted by Gasteiger charge is -2.40. The van der Waals surface area contributed by atoms with Crippen LogP contribution in [0.15, 0.2) is 0 Å². The van der Waals surface area contributed by atoms with Crippen molar-refractivity contribution in [1.29, 1.82) is 0 Å². The molecule has 1 unspecified atom stereocenters. The van der Waals surface area contributed by atoms with Crippen LogP contribution in [-0.2, 0) is 4.79 Å². The Morgan fingerprint density at radius 1 is 1.67 bits per heavy atom. The fourth-order valence-corrected chi connectivity index (χ4v) is 1.32. The van der Waals surface area contributed by atoms with Crippen molar-refractivity contribution >= 4 is 5.91 Å². The monoisotopic (exact) mass is 172 g/mol. The largest absolute Gasteiger partial charge is 0.394 e. The topological polar surface area (TPSA) is 43.8 Å². The lowest BCUT2D eigenvalue weighted by Crippen LogP contribution is -2.55. The van der Waals surface area contributed by atoms with Gasteiger partial charge in [0, 0.05) is 6.54 Å². The van der Waals surface area contributed by atoms with Gasteiger partial charge in [-0.3, -0.25) is 4.79 Å². The third-order valence-corrected chi connectivity index (χ3v) is 2.13. The van der Waals surface area contributed by atoms with Crippen molar-refractivity contribution in [2.24, 2.45) is 0 Å². The minimum atomic E-state index is 0.0810. The van der Waals surface area contributed by atoms with Crippen LogP contribution >= 0.6 is 0 Å². The first kappa shape index (κ1) is 9.48. The Hall–Kier alpha value is -0.610. The second kappa shape index (κ2) is 3.87. The van der Waals surface area contributed by atoms with Crippen molar-refractivity contribution in [3.63, 3.8) is 0 Å². The van der Waals surface area contributed by atoms with E-state index in [1.807, 2.05) is 19.0 Å². The Morgan fingerprint density at radius 3 is 2.67 bits per heavy atom. The van der Waals surface area contributed by atoms with Crippen LogP contribution in [0.2, 0.25) is 0 Å². The quantitative estimate of drug-likeness (QED) is 0.602. The molecule has 70 valence electrons. The van der Waals surface area contributed by atoms with Crippen molar-refractivity contribution in [3.05, 3.63) is 0 Å². The number of likely N-dealkylation sites (N-methyl/N-ethyl adjacent to an activating group) is 1. The van der Waals surface area contributed by atoms with Crippen molar-refractivity contribution in [3.8, 4) is 0 Å². The second-order valence-electron chi connectivity index (χ2n) is 3.45. The van der Waals surface area contributed by atoms with E-state index in [9.17, 15) is 4.79 Å². The molecule has 4 heteroatoms. The van der Waals surface area contributed by atoms with Crippen LogP contribution in [0.1, 0.15) is 6.42 Å². The summed E-state index contributed by atoms with van der Waals surface area (Å²) in [6.45, 7) is 1.34. The van der Waals surface area contributed by atoms with Crippen molar-refractivity contribution in [1.82, 2.24) is 9.80 Å². The van der Waals surface area contributed by atoms with Crippen LogP contribution < -0.4 is 0 Å². The van der Waals surface area contributed by atoms with E-state index < -0.39 is 0 Å². The third kappa shape index (κ3) is 1.95. The molecule has 4 nitrogen and oxygen atoms in total. The van der Waals surface area contributed by atoms with Gasteiger partial charge in [-0.15, -0.1) is 0 Å². The predicted molar refractivity (Wildman–Crippen MR) is 45.8 cm³/mol. The van der Waals surface area contributed by atoms with Gasteiger partial charge in [0.05, 0.1) is 19.2 Å². The Bertz CT molecular complexity index is 168. The van der Waals surface area contributed by atoms with Gasteiger partial charge in [-0.25, -0.2) is 0 Å². The SMILES string of the molecule is CN(C)CC(=O)N1CCC1CO. The maximum atomic E-state index is 11.4. The van der Waals surface area contributed by atoms with E-state index in [4.69, 9.17) is 5.11 Å². The average Bonchev–Trinajstić information content (AvgIpc) is 1.83.